The Morgan fingerprint density at radius 1 is 0.938 bits per heavy atom. The third-order valence-electron chi connectivity index (χ3n) is 4.15. The molecule has 0 unspecified atom stereocenters. The lowest BCUT2D eigenvalue weighted by Gasteiger charge is -2.14. The van der Waals surface area contributed by atoms with Crippen LogP contribution in [0.4, 0.5) is 22.0 Å². The van der Waals surface area contributed by atoms with Gasteiger partial charge < -0.3 is 16.0 Å². The van der Waals surface area contributed by atoms with Gasteiger partial charge in [0.2, 0.25) is 5.91 Å². The number of alkyl halides is 3. The van der Waals surface area contributed by atoms with Gasteiger partial charge in [0.1, 0.15) is 11.6 Å². The molecule has 1 amide bonds. The van der Waals surface area contributed by atoms with E-state index in [4.69, 9.17) is 0 Å². The van der Waals surface area contributed by atoms with E-state index in [0.717, 1.165) is 12.1 Å². The maximum absolute atomic E-state index is 13.2. The first-order valence-corrected chi connectivity index (χ1v) is 9.58. The Morgan fingerprint density at radius 2 is 1.56 bits per heavy atom. The van der Waals surface area contributed by atoms with Gasteiger partial charge in [-0.25, -0.2) is 13.8 Å². The zero-order valence-corrected chi connectivity index (χ0v) is 19.6. The van der Waals surface area contributed by atoms with E-state index in [1.165, 1.54) is 24.3 Å². The number of hydrogen-bond acceptors (Lipinski definition) is 2. The Morgan fingerprint density at radius 3 is 2.19 bits per heavy atom. The zero-order chi connectivity index (χ0) is 22.9. The largest absolute Gasteiger partial charge is 0.416 e. The number of halogens is 6. The van der Waals surface area contributed by atoms with Crippen LogP contribution in [0.2, 0.25) is 0 Å². The van der Waals surface area contributed by atoms with Crippen LogP contribution >= 0.6 is 24.0 Å². The summed E-state index contributed by atoms with van der Waals surface area (Å²) in [5.41, 5.74) is -0.555. The van der Waals surface area contributed by atoms with Crippen LogP contribution in [0, 0.1) is 11.6 Å². The second-order valence-electron chi connectivity index (χ2n) is 6.57. The fourth-order valence-electron chi connectivity index (χ4n) is 2.69. The topological polar surface area (TPSA) is 65.5 Å². The van der Waals surface area contributed by atoms with Gasteiger partial charge in [0.25, 0.3) is 0 Å². The van der Waals surface area contributed by atoms with Crippen molar-refractivity contribution in [3.05, 3.63) is 70.8 Å². The first-order valence-electron chi connectivity index (χ1n) is 9.58. The van der Waals surface area contributed by atoms with Crippen LogP contribution in [-0.2, 0) is 23.9 Å². The van der Waals surface area contributed by atoms with E-state index in [-0.39, 0.29) is 73.3 Å². The second-order valence-corrected chi connectivity index (χ2v) is 6.57. The molecule has 3 N–H and O–H groups in total. The van der Waals surface area contributed by atoms with Gasteiger partial charge >= 0.3 is 6.18 Å². The highest BCUT2D eigenvalue weighted by molar-refractivity contribution is 14.0. The molecule has 0 aromatic heterocycles. The molecule has 0 spiro atoms. The maximum atomic E-state index is 13.2. The van der Waals surface area contributed by atoms with Crippen molar-refractivity contribution < 1.29 is 26.7 Å². The van der Waals surface area contributed by atoms with Crippen molar-refractivity contribution in [1.82, 2.24) is 16.0 Å². The molecule has 0 saturated carbocycles. The van der Waals surface area contributed by atoms with E-state index in [1.807, 2.05) is 0 Å². The first kappa shape index (κ1) is 27.6. The van der Waals surface area contributed by atoms with Gasteiger partial charge in [-0.15, -0.1) is 24.0 Å². The molecular formula is C21H24F5IN4O. The number of aliphatic imine (C=N–C) groups is 1. The molecule has 0 aliphatic carbocycles. The summed E-state index contributed by atoms with van der Waals surface area (Å²) in [5.74, 6) is -1.35. The van der Waals surface area contributed by atoms with Crippen molar-refractivity contribution in [3.63, 3.8) is 0 Å². The number of nitrogens with one attached hydrogen (secondary N) is 3. The molecule has 5 nitrogen and oxygen atoms in total. The molecule has 0 aliphatic heterocycles. The second kappa shape index (κ2) is 13.2. The molecule has 0 radical (unpaired) electrons. The Labute approximate surface area is 199 Å². The smallest absolute Gasteiger partial charge is 0.357 e. The van der Waals surface area contributed by atoms with Crippen LogP contribution in [-0.4, -0.2) is 31.5 Å². The van der Waals surface area contributed by atoms with E-state index in [0.29, 0.717) is 18.2 Å². The molecule has 0 heterocycles. The average molecular weight is 570 g/mol. The van der Waals surface area contributed by atoms with E-state index in [1.54, 1.807) is 6.92 Å². The third kappa shape index (κ3) is 9.37. The Kier molecular flexibility index (Phi) is 11.4. The number of carbonyl (C=O) groups is 1. The summed E-state index contributed by atoms with van der Waals surface area (Å²) in [7, 11) is 0. The SMILES string of the molecule is CCNC(=NCc1ccc(F)cc1C(F)(F)F)NCCNC(=O)Cc1ccc(F)cc1.I. The van der Waals surface area contributed by atoms with Crippen LogP contribution in [0.5, 0.6) is 0 Å². The lowest BCUT2D eigenvalue weighted by atomic mass is 10.1. The van der Waals surface area contributed by atoms with Crippen LogP contribution in [0.1, 0.15) is 23.6 Å². The van der Waals surface area contributed by atoms with Crippen molar-refractivity contribution in [1.29, 1.82) is 0 Å². The molecule has 32 heavy (non-hydrogen) atoms. The van der Waals surface area contributed by atoms with Gasteiger partial charge in [-0.3, -0.25) is 4.79 Å². The van der Waals surface area contributed by atoms with Crippen molar-refractivity contribution in [2.75, 3.05) is 19.6 Å². The molecule has 2 aromatic rings. The lowest BCUT2D eigenvalue weighted by molar-refractivity contribution is -0.138. The molecular weight excluding hydrogens is 546 g/mol. The van der Waals surface area contributed by atoms with Gasteiger partial charge in [-0.05, 0) is 42.3 Å². The Balaban J connectivity index is 0.00000512. The van der Waals surface area contributed by atoms with Gasteiger partial charge in [-0.1, -0.05) is 18.2 Å². The van der Waals surface area contributed by atoms with Crippen LogP contribution in [0.25, 0.3) is 0 Å². The van der Waals surface area contributed by atoms with Gasteiger partial charge in [-0.2, -0.15) is 13.2 Å². The molecule has 0 fully saturated rings. The van der Waals surface area contributed by atoms with E-state index in [9.17, 15) is 26.7 Å². The minimum absolute atomic E-state index is 0. The van der Waals surface area contributed by atoms with Gasteiger partial charge in [0.05, 0.1) is 18.5 Å². The standard InChI is InChI=1S/C21H23F5N4O.HI/c1-2-27-20(30-13-15-5-8-17(23)12-18(15)21(24,25)26)29-10-9-28-19(31)11-14-3-6-16(22)7-4-14;/h3-8,12H,2,9-11,13H2,1H3,(H,28,31)(H2,27,29,30);1H. The van der Waals surface area contributed by atoms with Crippen LogP contribution in [0.3, 0.4) is 0 Å². The predicted molar refractivity (Wildman–Crippen MR) is 123 cm³/mol. The number of nitrogens with zero attached hydrogens (tertiary/aromatic N) is 1. The number of amides is 1. The number of benzene rings is 2. The van der Waals surface area contributed by atoms with Crippen molar-refractivity contribution in [2.45, 2.75) is 26.1 Å². The summed E-state index contributed by atoms with van der Waals surface area (Å²) < 4.78 is 65.4. The fourth-order valence-corrected chi connectivity index (χ4v) is 2.69. The predicted octanol–water partition coefficient (Wildman–Crippen LogP) is 4.02. The third-order valence-corrected chi connectivity index (χ3v) is 4.15. The van der Waals surface area contributed by atoms with Gasteiger partial charge in [0, 0.05) is 19.6 Å². The van der Waals surface area contributed by atoms with E-state index in [2.05, 4.69) is 20.9 Å². The molecule has 0 aliphatic rings. The minimum Gasteiger partial charge on any atom is -0.357 e. The van der Waals surface area contributed by atoms with E-state index < -0.39 is 17.6 Å². The zero-order valence-electron chi connectivity index (χ0n) is 17.2. The summed E-state index contributed by atoms with van der Waals surface area (Å²) in [6.07, 6.45) is -4.59. The number of carbonyl (C=O) groups excluding carboxylic acids is 1. The van der Waals surface area contributed by atoms with Crippen molar-refractivity contribution in [3.8, 4) is 0 Å². The normalized spacial score (nSPS) is 11.5. The fraction of sp³-hybridized carbons (Fsp3) is 0.333. The molecule has 0 atom stereocenters. The minimum atomic E-state index is -4.69. The van der Waals surface area contributed by atoms with Crippen molar-refractivity contribution >= 4 is 35.8 Å². The molecule has 176 valence electrons. The Bertz CT molecular complexity index is 904. The number of rotatable bonds is 8. The quantitative estimate of drug-likeness (QED) is 0.148. The number of guanidine groups is 1. The summed E-state index contributed by atoms with van der Waals surface area (Å²) >= 11 is 0. The molecule has 2 rings (SSSR count). The molecule has 11 heteroatoms. The molecule has 0 saturated heterocycles. The average Bonchev–Trinajstić information content (AvgIpc) is 2.71. The lowest BCUT2D eigenvalue weighted by Crippen LogP contribution is -2.41. The summed E-state index contributed by atoms with van der Waals surface area (Å²) in [6, 6.07) is 8.05. The Hall–Kier alpha value is -2.44. The van der Waals surface area contributed by atoms with Crippen LogP contribution < -0.4 is 16.0 Å². The maximum Gasteiger partial charge on any atom is 0.416 e. The van der Waals surface area contributed by atoms with Crippen molar-refractivity contribution in [2.24, 2.45) is 4.99 Å². The number of hydrogen-bond donors (Lipinski definition) is 3. The molecule has 0 bridgehead atoms. The monoisotopic (exact) mass is 570 g/mol. The van der Waals surface area contributed by atoms with Crippen LogP contribution in [0.15, 0.2) is 47.5 Å². The first-order chi connectivity index (χ1) is 14.7. The van der Waals surface area contributed by atoms with E-state index >= 15 is 0 Å². The highest BCUT2D eigenvalue weighted by Gasteiger charge is 2.33. The molecule has 2 aromatic carbocycles. The summed E-state index contributed by atoms with van der Waals surface area (Å²) in [6.45, 7) is 2.48. The summed E-state index contributed by atoms with van der Waals surface area (Å²) in [4.78, 5) is 16.0. The summed E-state index contributed by atoms with van der Waals surface area (Å²) in [5, 5.41) is 8.48. The highest BCUT2D eigenvalue weighted by Crippen LogP contribution is 2.32. The van der Waals surface area contributed by atoms with Gasteiger partial charge in [0.15, 0.2) is 5.96 Å². The highest BCUT2D eigenvalue weighted by atomic mass is 127.